The molecule has 0 fully saturated rings. The standard InChI is InChI=1S/C17H18O4/c1-3-16(17(19)20)21-12-9-8-11(2)14(10-12)13-6-4-5-7-15(13)18/h4-10,16,18H,3H2,1-2H3,(H,19,20). The Kier molecular flexibility index (Phi) is 4.48. The molecule has 2 rings (SSSR count). The molecule has 0 saturated heterocycles. The second-order valence-electron chi connectivity index (χ2n) is 4.85. The number of carbonyl (C=O) groups is 1. The van der Waals surface area contributed by atoms with Crippen molar-refractivity contribution >= 4 is 5.97 Å². The molecule has 0 heterocycles. The SMILES string of the molecule is CCC(Oc1ccc(C)c(-c2ccccc2O)c1)C(=O)O. The van der Waals surface area contributed by atoms with Crippen LogP contribution in [-0.4, -0.2) is 22.3 Å². The summed E-state index contributed by atoms with van der Waals surface area (Å²) in [5.41, 5.74) is 2.50. The van der Waals surface area contributed by atoms with Crippen LogP contribution < -0.4 is 4.74 Å². The molecular formula is C17H18O4. The lowest BCUT2D eigenvalue weighted by Crippen LogP contribution is -2.25. The van der Waals surface area contributed by atoms with Gasteiger partial charge in [0, 0.05) is 5.56 Å². The van der Waals surface area contributed by atoms with E-state index in [0.717, 1.165) is 11.1 Å². The van der Waals surface area contributed by atoms with Gasteiger partial charge in [-0.25, -0.2) is 4.79 Å². The van der Waals surface area contributed by atoms with E-state index >= 15 is 0 Å². The molecule has 110 valence electrons. The summed E-state index contributed by atoms with van der Waals surface area (Å²) in [6.45, 7) is 3.69. The number of aryl methyl sites for hydroxylation is 1. The average Bonchev–Trinajstić information content (AvgIpc) is 2.47. The predicted octanol–water partition coefficient (Wildman–Crippen LogP) is 3.61. The maximum absolute atomic E-state index is 11.0. The fourth-order valence-corrected chi connectivity index (χ4v) is 2.14. The van der Waals surface area contributed by atoms with E-state index in [1.807, 2.05) is 25.1 Å². The molecular weight excluding hydrogens is 268 g/mol. The van der Waals surface area contributed by atoms with Crippen LogP contribution in [0.2, 0.25) is 0 Å². The second kappa shape index (κ2) is 6.31. The van der Waals surface area contributed by atoms with Crippen LogP contribution in [0.25, 0.3) is 11.1 Å². The van der Waals surface area contributed by atoms with Crippen molar-refractivity contribution in [1.82, 2.24) is 0 Å². The van der Waals surface area contributed by atoms with Crippen molar-refractivity contribution in [3.8, 4) is 22.6 Å². The van der Waals surface area contributed by atoms with E-state index in [1.165, 1.54) is 0 Å². The van der Waals surface area contributed by atoms with Crippen molar-refractivity contribution in [1.29, 1.82) is 0 Å². The monoisotopic (exact) mass is 286 g/mol. The van der Waals surface area contributed by atoms with Crippen LogP contribution in [0.3, 0.4) is 0 Å². The number of aromatic hydroxyl groups is 1. The van der Waals surface area contributed by atoms with Crippen LogP contribution in [0.15, 0.2) is 42.5 Å². The van der Waals surface area contributed by atoms with Crippen molar-refractivity contribution in [3.05, 3.63) is 48.0 Å². The van der Waals surface area contributed by atoms with Gasteiger partial charge in [0.25, 0.3) is 0 Å². The predicted molar refractivity (Wildman–Crippen MR) is 80.6 cm³/mol. The lowest BCUT2D eigenvalue weighted by atomic mass is 9.99. The molecule has 0 aliphatic rings. The minimum absolute atomic E-state index is 0.183. The van der Waals surface area contributed by atoms with Gasteiger partial charge in [-0.15, -0.1) is 0 Å². The average molecular weight is 286 g/mol. The Morgan fingerprint density at radius 1 is 1.19 bits per heavy atom. The normalized spacial score (nSPS) is 11.9. The highest BCUT2D eigenvalue weighted by atomic mass is 16.5. The Morgan fingerprint density at radius 2 is 1.90 bits per heavy atom. The largest absolute Gasteiger partial charge is 0.507 e. The molecule has 0 amide bonds. The molecule has 0 spiro atoms. The molecule has 4 heteroatoms. The zero-order valence-electron chi connectivity index (χ0n) is 12.0. The summed E-state index contributed by atoms with van der Waals surface area (Å²) in [4.78, 5) is 11.0. The van der Waals surface area contributed by atoms with Crippen LogP contribution in [0.5, 0.6) is 11.5 Å². The Labute approximate surface area is 123 Å². The lowest BCUT2D eigenvalue weighted by molar-refractivity contribution is -0.145. The van der Waals surface area contributed by atoms with Gasteiger partial charge in [-0.05, 0) is 42.7 Å². The van der Waals surface area contributed by atoms with Crippen molar-refractivity contribution in [2.45, 2.75) is 26.4 Å². The molecule has 4 nitrogen and oxygen atoms in total. The van der Waals surface area contributed by atoms with Gasteiger partial charge in [0.1, 0.15) is 11.5 Å². The van der Waals surface area contributed by atoms with Gasteiger partial charge in [0.2, 0.25) is 0 Å². The molecule has 2 aromatic rings. The molecule has 1 unspecified atom stereocenters. The fraction of sp³-hybridized carbons (Fsp3) is 0.235. The van der Waals surface area contributed by atoms with Crippen molar-refractivity contribution in [3.63, 3.8) is 0 Å². The number of carboxylic acids is 1. The van der Waals surface area contributed by atoms with E-state index in [9.17, 15) is 9.90 Å². The summed E-state index contributed by atoms with van der Waals surface area (Å²) in [7, 11) is 0. The van der Waals surface area contributed by atoms with Gasteiger partial charge < -0.3 is 14.9 Å². The Bertz CT molecular complexity index is 649. The Balaban J connectivity index is 2.38. The van der Waals surface area contributed by atoms with Gasteiger partial charge in [0.05, 0.1) is 0 Å². The number of para-hydroxylation sites is 1. The zero-order valence-corrected chi connectivity index (χ0v) is 12.0. The van der Waals surface area contributed by atoms with Gasteiger partial charge in [0.15, 0.2) is 6.10 Å². The van der Waals surface area contributed by atoms with Gasteiger partial charge in [-0.3, -0.25) is 0 Å². The Morgan fingerprint density at radius 3 is 2.52 bits per heavy atom. The van der Waals surface area contributed by atoms with Gasteiger partial charge >= 0.3 is 5.97 Å². The summed E-state index contributed by atoms with van der Waals surface area (Å²) in [5, 5.41) is 19.0. The number of hydrogen-bond acceptors (Lipinski definition) is 3. The number of hydrogen-bond donors (Lipinski definition) is 2. The first-order valence-electron chi connectivity index (χ1n) is 6.81. The van der Waals surface area contributed by atoms with Gasteiger partial charge in [-0.1, -0.05) is 31.2 Å². The maximum Gasteiger partial charge on any atom is 0.344 e. The van der Waals surface area contributed by atoms with E-state index in [4.69, 9.17) is 9.84 Å². The zero-order chi connectivity index (χ0) is 15.4. The summed E-state index contributed by atoms with van der Waals surface area (Å²) >= 11 is 0. The van der Waals surface area contributed by atoms with Crippen molar-refractivity contribution in [2.24, 2.45) is 0 Å². The highest BCUT2D eigenvalue weighted by Crippen LogP contribution is 2.33. The molecule has 0 saturated carbocycles. The van der Waals surface area contributed by atoms with Gasteiger partial charge in [-0.2, -0.15) is 0 Å². The van der Waals surface area contributed by atoms with Crippen LogP contribution in [0.1, 0.15) is 18.9 Å². The summed E-state index contributed by atoms with van der Waals surface area (Å²) < 4.78 is 5.50. The number of rotatable bonds is 5. The highest BCUT2D eigenvalue weighted by molar-refractivity contribution is 5.75. The van der Waals surface area contributed by atoms with Crippen molar-refractivity contribution in [2.75, 3.05) is 0 Å². The topological polar surface area (TPSA) is 66.8 Å². The molecule has 21 heavy (non-hydrogen) atoms. The third-order valence-electron chi connectivity index (χ3n) is 3.33. The number of phenolic OH excluding ortho intramolecular Hbond substituents is 1. The molecule has 0 aliphatic heterocycles. The van der Waals surface area contributed by atoms with Crippen LogP contribution in [-0.2, 0) is 4.79 Å². The minimum atomic E-state index is -0.984. The van der Waals surface area contributed by atoms with Crippen LogP contribution in [0.4, 0.5) is 0 Å². The fourth-order valence-electron chi connectivity index (χ4n) is 2.14. The number of carboxylic acid groups (broad SMARTS) is 1. The summed E-state index contributed by atoms with van der Waals surface area (Å²) in [6.07, 6.45) is -0.486. The summed E-state index contributed by atoms with van der Waals surface area (Å²) in [6, 6.07) is 12.4. The number of phenols is 1. The molecule has 0 aliphatic carbocycles. The first-order chi connectivity index (χ1) is 10.0. The van der Waals surface area contributed by atoms with Crippen LogP contribution in [0, 0.1) is 6.92 Å². The second-order valence-corrected chi connectivity index (χ2v) is 4.85. The molecule has 2 N–H and O–H groups in total. The number of ether oxygens (including phenoxy) is 1. The number of aliphatic carboxylic acids is 1. The lowest BCUT2D eigenvalue weighted by Gasteiger charge is -2.15. The van der Waals surface area contributed by atoms with E-state index in [0.29, 0.717) is 17.7 Å². The smallest absolute Gasteiger partial charge is 0.344 e. The third-order valence-corrected chi connectivity index (χ3v) is 3.33. The van der Waals surface area contributed by atoms with Crippen LogP contribution >= 0.6 is 0 Å². The summed E-state index contributed by atoms with van der Waals surface area (Å²) in [5.74, 6) is -0.321. The molecule has 0 aromatic heterocycles. The highest BCUT2D eigenvalue weighted by Gasteiger charge is 2.17. The molecule has 2 aromatic carbocycles. The maximum atomic E-state index is 11.0. The first kappa shape index (κ1) is 14.9. The van der Waals surface area contributed by atoms with E-state index in [2.05, 4.69) is 0 Å². The number of benzene rings is 2. The molecule has 1 atom stereocenters. The third kappa shape index (κ3) is 3.34. The first-order valence-corrected chi connectivity index (χ1v) is 6.81. The minimum Gasteiger partial charge on any atom is -0.507 e. The van der Waals surface area contributed by atoms with Crippen molar-refractivity contribution < 1.29 is 19.7 Å². The molecule has 0 radical (unpaired) electrons. The molecule has 0 bridgehead atoms. The Hall–Kier alpha value is -2.49. The van der Waals surface area contributed by atoms with E-state index in [1.54, 1.807) is 31.2 Å². The quantitative estimate of drug-likeness (QED) is 0.881. The van der Waals surface area contributed by atoms with E-state index < -0.39 is 12.1 Å². The van der Waals surface area contributed by atoms with E-state index in [-0.39, 0.29) is 5.75 Å².